The maximum absolute atomic E-state index is 12.7. The molecule has 1 atom stereocenters. The molecule has 9 heteroatoms. The molecule has 27 heavy (non-hydrogen) atoms. The molecule has 2 aliphatic rings. The van der Waals surface area contributed by atoms with Crippen LogP contribution in [0.25, 0.3) is 0 Å². The second-order valence-corrected chi connectivity index (χ2v) is 7.76. The first-order valence-electron chi connectivity index (χ1n) is 9.33. The molecule has 3 rings (SSSR count). The number of ether oxygens (including phenoxy) is 1. The summed E-state index contributed by atoms with van der Waals surface area (Å²) in [5.41, 5.74) is 0.834. The summed E-state index contributed by atoms with van der Waals surface area (Å²) in [4.78, 5) is 16.4. The van der Waals surface area contributed by atoms with E-state index in [0.717, 1.165) is 0 Å². The van der Waals surface area contributed by atoms with Crippen LogP contribution in [0.1, 0.15) is 42.2 Å². The maximum Gasteiger partial charge on any atom is 0.390 e. The molecule has 2 fully saturated rings. The number of piperidine rings is 1. The summed E-state index contributed by atoms with van der Waals surface area (Å²) in [6, 6.07) is -0.566. The van der Waals surface area contributed by atoms with Crippen molar-refractivity contribution in [1.29, 1.82) is 0 Å². The van der Waals surface area contributed by atoms with E-state index in [-0.39, 0.29) is 5.91 Å². The van der Waals surface area contributed by atoms with E-state index in [1.807, 2.05) is 11.8 Å². The van der Waals surface area contributed by atoms with Gasteiger partial charge in [-0.15, -0.1) is 0 Å². The highest BCUT2D eigenvalue weighted by Gasteiger charge is 2.43. The Labute approximate surface area is 157 Å². The lowest BCUT2D eigenvalue weighted by Crippen LogP contribution is -2.59. The van der Waals surface area contributed by atoms with Crippen LogP contribution in [0.15, 0.2) is 6.20 Å². The van der Waals surface area contributed by atoms with Gasteiger partial charge in [-0.2, -0.15) is 18.3 Å². The van der Waals surface area contributed by atoms with Crippen LogP contribution in [0.5, 0.6) is 0 Å². The van der Waals surface area contributed by atoms with Crippen molar-refractivity contribution in [2.45, 2.75) is 50.9 Å². The molecule has 1 aromatic heterocycles. The summed E-state index contributed by atoms with van der Waals surface area (Å²) in [5, 5.41) is 4.21. The summed E-state index contributed by atoms with van der Waals surface area (Å²) < 4.78 is 45.8. The van der Waals surface area contributed by atoms with E-state index in [1.165, 1.54) is 0 Å². The van der Waals surface area contributed by atoms with E-state index >= 15 is 0 Å². The molecule has 1 spiro atoms. The molecule has 152 valence electrons. The van der Waals surface area contributed by atoms with Gasteiger partial charge >= 0.3 is 6.18 Å². The lowest BCUT2D eigenvalue weighted by Gasteiger charge is -2.48. The molecular weight excluding hydrogens is 361 g/mol. The van der Waals surface area contributed by atoms with Crippen molar-refractivity contribution in [3.63, 3.8) is 0 Å². The number of hydrogen-bond acceptors (Lipinski definition) is 4. The van der Waals surface area contributed by atoms with Crippen LogP contribution in [0.2, 0.25) is 0 Å². The molecule has 2 aliphatic heterocycles. The van der Waals surface area contributed by atoms with Crippen molar-refractivity contribution in [2.75, 3.05) is 32.8 Å². The van der Waals surface area contributed by atoms with Crippen molar-refractivity contribution in [1.82, 2.24) is 19.6 Å². The van der Waals surface area contributed by atoms with Crippen molar-refractivity contribution in [2.24, 2.45) is 7.05 Å². The van der Waals surface area contributed by atoms with Gasteiger partial charge in [0.15, 0.2) is 0 Å². The predicted octanol–water partition coefficient (Wildman–Crippen LogP) is 2.38. The summed E-state index contributed by atoms with van der Waals surface area (Å²) in [5.74, 6) is -0.0476. The molecule has 0 N–H and O–H groups in total. The zero-order valence-electron chi connectivity index (χ0n) is 16.1. The minimum Gasteiger partial charge on any atom is -0.372 e. The Hall–Kier alpha value is -1.61. The van der Waals surface area contributed by atoms with E-state index in [4.69, 9.17) is 4.74 Å². The number of rotatable bonds is 3. The maximum atomic E-state index is 12.7. The number of alkyl halides is 3. The van der Waals surface area contributed by atoms with Gasteiger partial charge in [-0.05, 0) is 26.7 Å². The first-order chi connectivity index (χ1) is 12.6. The molecular formula is C18H27F3N4O2. The third-order valence-corrected chi connectivity index (χ3v) is 5.63. The van der Waals surface area contributed by atoms with Crippen LogP contribution in [0, 0.1) is 6.92 Å². The van der Waals surface area contributed by atoms with Crippen molar-refractivity contribution in [3.05, 3.63) is 17.5 Å². The highest BCUT2D eigenvalue weighted by Crippen LogP contribution is 2.33. The predicted molar refractivity (Wildman–Crippen MR) is 93.5 cm³/mol. The number of nitrogens with zero attached hydrogens (tertiary/aromatic N) is 4. The molecule has 1 aromatic rings. The first kappa shape index (κ1) is 20.1. The van der Waals surface area contributed by atoms with Crippen molar-refractivity contribution >= 4 is 5.91 Å². The van der Waals surface area contributed by atoms with E-state index < -0.39 is 24.2 Å². The van der Waals surface area contributed by atoms with Crippen LogP contribution in [0.3, 0.4) is 0 Å². The fourth-order valence-electron chi connectivity index (χ4n) is 4.11. The Morgan fingerprint density at radius 2 is 2.00 bits per heavy atom. The third-order valence-electron chi connectivity index (χ3n) is 5.63. The molecule has 0 radical (unpaired) electrons. The van der Waals surface area contributed by atoms with E-state index in [0.29, 0.717) is 56.9 Å². The Balaban J connectivity index is 1.60. The summed E-state index contributed by atoms with van der Waals surface area (Å²) in [6.45, 7) is 5.93. The molecule has 0 aromatic carbocycles. The van der Waals surface area contributed by atoms with Crippen LogP contribution in [-0.2, 0) is 11.8 Å². The van der Waals surface area contributed by atoms with Gasteiger partial charge in [0.05, 0.1) is 29.9 Å². The standard InChI is InChI=1S/C18H27F3N4O2/c1-13(10-18(19,20)21)25-8-9-27-17(12-25)4-6-24(7-5-17)16(26)15-11-23(3)22-14(15)2/h11,13H,4-10,12H2,1-3H3. The molecule has 0 saturated carbocycles. The number of likely N-dealkylation sites (tertiary alicyclic amines) is 1. The number of hydrogen-bond donors (Lipinski definition) is 0. The van der Waals surface area contributed by atoms with Crippen LogP contribution >= 0.6 is 0 Å². The minimum absolute atomic E-state index is 0.0476. The van der Waals surface area contributed by atoms with Crippen molar-refractivity contribution < 1.29 is 22.7 Å². The van der Waals surface area contributed by atoms with Gasteiger partial charge in [0, 0.05) is 45.5 Å². The molecule has 3 heterocycles. The summed E-state index contributed by atoms with van der Waals surface area (Å²) in [7, 11) is 1.78. The van der Waals surface area contributed by atoms with Gasteiger partial charge in [0.1, 0.15) is 0 Å². The van der Waals surface area contributed by atoms with E-state index in [9.17, 15) is 18.0 Å². The van der Waals surface area contributed by atoms with Gasteiger partial charge < -0.3 is 9.64 Å². The average molecular weight is 388 g/mol. The highest BCUT2D eigenvalue weighted by atomic mass is 19.4. The number of amides is 1. The van der Waals surface area contributed by atoms with Gasteiger partial charge in [-0.3, -0.25) is 14.4 Å². The topological polar surface area (TPSA) is 50.6 Å². The lowest BCUT2D eigenvalue weighted by atomic mass is 9.88. The Morgan fingerprint density at radius 3 is 2.56 bits per heavy atom. The molecule has 0 aliphatic carbocycles. The second kappa shape index (κ2) is 7.43. The zero-order chi connectivity index (χ0) is 19.8. The molecule has 1 unspecified atom stereocenters. The van der Waals surface area contributed by atoms with E-state index in [2.05, 4.69) is 5.10 Å². The normalized spacial score (nSPS) is 22.2. The molecule has 1 amide bonds. The Kier molecular flexibility index (Phi) is 5.54. The Bertz CT molecular complexity index is 681. The molecule has 6 nitrogen and oxygen atoms in total. The van der Waals surface area contributed by atoms with Crippen molar-refractivity contribution in [3.8, 4) is 0 Å². The zero-order valence-corrected chi connectivity index (χ0v) is 16.1. The van der Waals surface area contributed by atoms with Crippen LogP contribution in [0.4, 0.5) is 13.2 Å². The van der Waals surface area contributed by atoms with Crippen LogP contribution in [-0.4, -0.2) is 76.1 Å². The number of halogens is 3. The average Bonchev–Trinajstić information content (AvgIpc) is 2.92. The highest BCUT2D eigenvalue weighted by molar-refractivity contribution is 5.95. The van der Waals surface area contributed by atoms with Gasteiger partial charge in [-0.1, -0.05) is 0 Å². The quantitative estimate of drug-likeness (QED) is 0.798. The number of carbonyl (C=O) groups excluding carboxylic acids is 1. The second-order valence-electron chi connectivity index (χ2n) is 7.76. The largest absolute Gasteiger partial charge is 0.390 e. The number of carbonyl (C=O) groups is 1. The van der Waals surface area contributed by atoms with Crippen LogP contribution < -0.4 is 0 Å². The summed E-state index contributed by atoms with van der Waals surface area (Å²) >= 11 is 0. The van der Waals surface area contributed by atoms with Gasteiger partial charge in [0.2, 0.25) is 0 Å². The third kappa shape index (κ3) is 4.63. The molecule has 0 bridgehead atoms. The first-order valence-corrected chi connectivity index (χ1v) is 9.33. The number of aromatic nitrogens is 2. The number of morpholine rings is 1. The smallest absolute Gasteiger partial charge is 0.372 e. The molecule has 2 saturated heterocycles. The van der Waals surface area contributed by atoms with Gasteiger partial charge in [0.25, 0.3) is 5.91 Å². The lowest BCUT2D eigenvalue weighted by molar-refractivity contribution is -0.169. The van der Waals surface area contributed by atoms with E-state index in [1.54, 1.807) is 29.7 Å². The SMILES string of the molecule is Cc1nn(C)cc1C(=O)N1CCC2(CC1)CN(C(C)CC(F)(F)F)CCO2. The summed E-state index contributed by atoms with van der Waals surface area (Å²) in [6.07, 6.45) is -1.99. The Morgan fingerprint density at radius 1 is 1.33 bits per heavy atom. The fraction of sp³-hybridized carbons (Fsp3) is 0.778. The fourth-order valence-corrected chi connectivity index (χ4v) is 4.11. The number of aryl methyl sites for hydroxylation is 2. The van der Waals surface area contributed by atoms with Gasteiger partial charge in [-0.25, -0.2) is 0 Å². The monoisotopic (exact) mass is 388 g/mol. The minimum atomic E-state index is -4.16.